The van der Waals surface area contributed by atoms with E-state index in [1.54, 1.807) is 17.0 Å². The van der Waals surface area contributed by atoms with Crippen molar-refractivity contribution in [2.75, 3.05) is 32.7 Å². The lowest BCUT2D eigenvalue weighted by atomic mass is 10.1. The Hall–Kier alpha value is -1.15. The van der Waals surface area contributed by atoms with Gasteiger partial charge in [0, 0.05) is 38.6 Å². The van der Waals surface area contributed by atoms with E-state index in [4.69, 9.17) is 0 Å². The fourth-order valence-corrected chi connectivity index (χ4v) is 4.98. The molecule has 0 aromatic heterocycles. The standard InChI is InChI=1S/C18H27N3O3S.ClH/c1-14-5-6-17(12-15(14)2)25(23,24)21-10-8-20(9-11-21)18(22)13-16-4-3-7-19-16;/h5-6,12,16,19H,3-4,7-11,13H2,1-2H3;1H. The second-order valence-corrected chi connectivity index (χ2v) is 8.97. The molecule has 8 heteroatoms. The van der Waals surface area contributed by atoms with E-state index in [-0.39, 0.29) is 24.4 Å². The van der Waals surface area contributed by atoms with E-state index >= 15 is 0 Å². The van der Waals surface area contributed by atoms with Crippen molar-refractivity contribution >= 4 is 28.3 Å². The van der Waals surface area contributed by atoms with Gasteiger partial charge in [-0.3, -0.25) is 4.79 Å². The minimum atomic E-state index is -3.49. The molecule has 2 aliphatic rings. The molecule has 1 aromatic rings. The molecule has 1 aromatic carbocycles. The van der Waals surface area contributed by atoms with Crippen molar-refractivity contribution in [1.82, 2.24) is 14.5 Å². The molecule has 1 atom stereocenters. The molecule has 26 heavy (non-hydrogen) atoms. The maximum Gasteiger partial charge on any atom is 0.243 e. The lowest BCUT2D eigenvalue weighted by Gasteiger charge is -2.34. The summed E-state index contributed by atoms with van der Waals surface area (Å²) < 4.78 is 27.1. The van der Waals surface area contributed by atoms with Gasteiger partial charge in [-0.2, -0.15) is 4.31 Å². The minimum Gasteiger partial charge on any atom is -0.340 e. The predicted molar refractivity (Wildman–Crippen MR) is 104 cm³/mol. The maximum absolute atomic E-state index is 12.8. The molecule has 2 heterocycles. The van der Waals surface area contributed by atoms with Gasteiger partial charge in [0.2, 0.25) is 15.9 Å². The quantitative estimate of drug-likeness (QED) is 0.833. The van der Waals surface area contributed by atoms with Crippen LogP contribution in [-0.2, 0) is 14.8 Å². The number of halogens is 1. The molecule has 0 bridgehead atoms. The Kier molecular flexibility index (Phi) is 7.07. The first kappa shape index (κ1) is 21.2. The third kappa shape index (κ3) is 4.57. The number of amides is 1. The van der Waals surface area contributed by atoms with Crippen molar-refractivity contribution in [3.05, 3.63) is 29.3 Å². The Morgan fingerprint density at radius 3 is 2.42 bits per heavy atom. The lowest BCUT2D eigenvalue weighted by molar-refractivity contribution is -0.132. The van der Waals surface area contributed by atoms with Gasteiger partial charge in [-0.25, -0.2) is 8.42 Å². The van der Waals surface area contributed by atoms with Gasteiger partial charge < -0.3 is 10.2 Å². The van der Waals surface area contributed by atoms with Crippen LogP contribution in [0.5, 0.6) is 0 Å². The van der Waals surface area contributed by atoms with E-state index in [2.05, 4.69) is 5.32 Å². The van der Waals surface area contributed by atoms with E-state index in [1.807, 2.05) is 19.9 Å². The highest BCUT2D eigenvalue weighted by atomic mass is 35.5. The average Bonchev–Trinajstić information content (AvgIpc) is 3.10. The van der Waals surface area contributed by atoms with Crippen LogP contribution in [-0.4, -0.2) is 62.3 Å². The first-order valence-corrected chi connectivity index (χ1v) is 10.4. The van der Waals surface area contributed by atoms with Crippen LogP contribution in [0.25, 0.3) is 0 Å². The fourth-order valence-electron chi connectivity index (χ4n) is 3.47. The van der Waals surface area contributed by atoms with E-state index in [9.17, 15) is 13.2 Å². The van der Waals surface area contributed by atoms with Crippen LogP contribution in [0.3, 0.4) is 0 Å². The van der Waals surface area contributed by atoms with Crippen LogP contribution >= 0.6 is 12.4 Å². The number of nitrogens with zero attached hydrogens (tertiary/aromatic N) is 2. The average molecular weight is 402 g/mol. The Morgan fingerprint density at radius 1 is 1.15 bits per heavy atom. The summed E-state index contributed by atoms with van der Waals surface area (Å²) in [5.74, 6) is 0.127. The van der Waals surface area contributed by atoms with E-state index < -0.39 is 10.0 Å². The van der Waals surface area contributed by atoms with Gasteiger partial charge >= 0.3 is 0 Å². The van der Waals surface area contributed by atoms with Crippen LogP contribution in [0.2, 0.25) is 0 Å². The molecular weight excluding hydrogens is 374 g/mol. The molecule has 0 radical (unpaired) electrons. The second-order valence-electron chi connectivity index (χ2n) is 7.03. The van der Waals surface area contributed by atoms with Crippen LogP contribution in [0, 0.1) is 13.8 Å². The summed E-state index contributed by atoms with van der Waals surface area (Å²) in [6, 6.07) is 5.52. The second kappa shape index (κ2) is 8.69. The first-order chi connectivity index (χ1) is 11.9. The number of piperazine rings is 1. The molecule has 1 N–H and O–H groups in total. The van der Waals surface area contributed by atoms with E-state index in [1.165, 1.54) is 4.31 Å². The molecule has 0 aliphatic carbocycles. The molecular formula is C18H28ClN3O3S. The summed E-state index contributed by atoms with van der Waals surface area (Å²) in [5, 5.41) is 3.34. The third-order valence-corrected chi connectivity index (χ3v) is 7.19. The first-order valence-electron chi connectivity index (χ1n) is 8.96. The number of hydrogen-bond donors (Lipinski definition) is 1. The van der Waals surface area contributed by atoms with Crippen LogP contribution in [0.1, 0.15) is 30.4 Å². The van der Waals surface area contributed by atoms with Gasteiger partial charge in [-0.05, 0) is 56.5 Å². The number of benzene rings is 1. The highest BCUT2D eigenvalue weighted by molar-refractivity contribution is 7.89. The zero-order chi connectivity index (χ0) is 18.0. The molecule has 146 valence electrons. The van der Waals surface area contributed by atoms with Gasteiger partial charge in [0.1, 0.15) is 0 Å². The van der Waals surface area contributed by atoms with E-state index in [0.29, 0.717) is 37.5 Å². The molecule has 2 saturated heterocycles. The smallest absolute Gasteiger partial charge is 0.243 e. The van der Waals surface area contributed by atoms with Crippen molar-refractivity contribution in [1.29, 1.82) is 0 Å². The number of aryl methyl sites for hydroxylation is 2. The highest BCUT2D eigenvalue weighted by Crippen LogP contribution is 2.21. The summed E-state index contributed by atoms with van der Waals surface area (Å²) in [7, 11) is -3.49. The van der Waals surface area contributed by atoms with Crippen LogP contribution in [0.15, 0.2) is 23.1 Å². The SMILES string of the molecule is Cc1ccc(S(=O)(=O)N2CCN(C(=O)CC3CCCN3)CC2)cc1C.Cl. The van der Waals surface area contributed by atoms with Crippen molar-refractivity contribution in [3.8, 4) is 0 Å². The minimum absolute atomic E-state index is 0. The predicted octanol–water partition coefficient (Wildman–Crippen LogP) is 1.70. The molecule has 2 fully saturated rings. The van der Waals surface area contributed by atoms with Crippen molar-refractivity contribution in [2.45, 2.75) is 44.0 Å². The molecule has 0 spiro atoms. The van der Waals surface area contributed by atoms with Crippen molar-refractivity contribution in [3.63, 3.8) is 0 Å². The van der Waals surface area contributed by atoms with Gasteiger partial charge in [0.05, 0.1) is 4.90 Å². The summed E-state index contributed by atoms with van der Waals surface area (Å²) in [4.78, 5) is 14.5. The molecule has 2 aliphatic heterocycles. The number of carbonyl (C=O) groups is 1. The van der Waals surface area contributed by atoms with Gasteiger partial charge in [-0.1, -0.05) is 6.07 Å². The zero-order valence-electron chi connectivity index (χ0n) is 15.4. The number of hydrogen-bond acceptors (Lipinski definition) is 4. The Morgan fingerprint density at radius 2 is 1.85 bits per heavy atom. The van der Waals surface area contributed by atoms with Crippen molar-refractivity contribution < 1.29 is 13.2 Å². The van der Waals surface area contributed by atoms with Gasteiger partial charge in [-0.15, -0.1) is 12.4 Å². The molecule has 3 rings (SSSR count). The summed E-state index contributed by atoms with van der Waals surface area (Å²) in [5.41, 5.74) is 2.05. The summed E-state index contributed by atoms with van der Waals surface area (Å²) in [6.07, 6.45) is 2.69. The normalized spacial score (nSPS) is 21.5. The Bertz CT molecular complexity index is 740. The zero-order valence-corrected chi connectivity index (χ0v) is 17.0. The number of rotatable bonds is 4. The van der Waals surface area contributed by atoms with Crippen LogP contribution in [0.4, 0.5) is 0 Å². The topological polar surface area (TPSA) is 69.7 Å². The summed E-state index contributed by atoms with van der Waals surface area (Å²) in [6.45, 7) is 6.53. The van der Waals surface area contributed by atoms with Crippen molar-refractivity contribution in [2.24, 2.45) is 0 Å². The number of sulfonamides is 1. The Balaban J connectivity index is 0.00000243. The molecule has 1 unspecified atom stereocenters. The molecule has 1 amide bonds. The number of nitrogens with one attached hydrogen (secondary N) is 1. The van der Waals surface area contributed by atoms with E-state index in [0.717, 1.165) is 30.5 Å². The van der Waals surface area contributed by atoms with Crippen LogP contribution < -0.4 is 5.32 Å². The fraction of sp³-hybridized carbons (Fsp3) is 0.611. The summed E-state index contributed by atoms with van der Waals surface area (Å²) >= 11 is 0. The molecule has 0 saturated carbocycles. The largest absolute Gasteiger partial charge is 0.340 e. The van der Waals surface area contributed by atoms with Gasteiger partial charge in [0.15, 0.2) is 0 Å². The third-order valence-electron chi connectivity index (χ3n) is 5.29. The monoisotopic (exact) mass is 401 g/mol. The number of carbonyl (C=O) groups excluding carboxylic acids is 1. The van der Waals surface area contributed by atoms with Gasteiger partial charge in [0.25, 0.3) is 0 Å². The maximum atomic E-state index is 12.8. The Labute approximate surface area is 162 Å². The lowest BCUT2D eigenvalue weighted by Crippen LogP contribution is -2.51. The molecule has 6 nitrogen and oxygen atoms in total. The highest BCUT2D eigenvalue weighted by Gasteiger charge is 2.31.